The summed E-state index contributed by atoms with van der Waals surface area (Å²) in [5, 5.41) is 5.43. The average molecular weight is 458 g/mol. The third kappa shape index (κ3) is 4.81. The Bertz CT molecular complexity index is 637. The van der Waals surface area contributed by atoms with Crippen LogP contribution in [0.1, 0.15) is 26.0 Å². The van der Waals surface area contributed by atoms with E-state index in [1.54, 1.807) is 0 Å². The maximum atomic E-state index is 4.86. The molecule has 0 bridgehead atoms. The molecule has 132 valence electrons. The van der Waals surface area contributed by atoms with Crippen molar-refractivity contribution in [2.24, 2.45) is 4.99 Å². The molecule has 2 aromatic rings. The van der Waals surface area contributed by atoms with Gasteiger partial charge in [0.2, 0.25) is 0 Å². The zero-order valence-electron chi connectivity index (χ0n) is 14.4. The summed E-state index contributed by atoms with van der Waals surface area (Å²) in [5.74, 6) is 2.24. The van der Waals surface area contributed by atoms with E-state index in [-0.39, 0.29) is 24.0 Å². The van der Waals surface area contributed by atoms with Crippen LogP contribution >= 0.6 is 35.7 Å². The first-order valence-electron chi connectivity index (χ1n) is 8.51. The smallest absolute Gasteiger partial charge is 0.194 e. The van der Waals surface area contributed by atoms with Gasteiger partial charge in [-0.05, 0) is 30.9 Å². The highest BCUT2D eigenvalue weighted by Crippen LogP contribution is 2.21. The van der Waals surface area contributed by atoms with Gasteiger partial charge >= 0.3 is 0 Å². The number of para-hydroxylation sites is 1. The minimum Gasteiger partial charge on any atom is -0.357 e. The Morgan fingerprint density at radius 2 is 2.21 bits per heavy atom. The number of fused-ring (bicyclic) bond motifs is 1. The summed E-state index contributed by atoms with van der Waals surface area (Å²) in [6.07, 6.45) is 1.22. The van der Waals surface area contributed by atoms with Crippen molar-refractivity contribution in [3.8, 4) is 0 Å². The lowest BCUT2D eigenvalue weighted by Gasteiger charge is -2.34. The van der Waals surface area contributed by atoms with E-state index in [0.717, 1.165) is 30.8 Å². The molecule has 3 rings (SSSR count). The van der Waals surface area contributed by atoms with E-state index in [0.29, 0.717) is 6.54 Å². The Kier molecular flexibility index (Phi) is 7.74. The molecule has 1 aliphatic heterocycles. The molecule has 4 nitrogen and oxygen atoms in total. The molecule has 0 radical (unpaired) electrons. The van der Waals surface area contributed by atoms with E-state index in [2.05, 4.69) is 71.1 Å². The molecule has 0 aliphatic carbocycles. The minimum atomic E-state index is 0. The van der Waals surface area contributed by atoms with Crippen molar-refractivity contribution >= 4 is 52.6 Å². The van der Waals surface area contributed by atoms with Gasteiger partial charge in [0.15, 0.2) is 5.96 Å². The minimum absolute atomic E-state index is 0. The number of hydrogen-bond donors (Lipinski definition) is 2. The quantitative estimate of drug-likeness (QED) is 0.412. The van der Waals surface area contributed by atoms with Crippen LogP contribution in [0.2, 0.25) is 0 Å². The Hall–Kier alpha value is -0.890. The number of nitrogens with one attached hydrogen (secondary N) is 2. The number of hydrogen-bond acceptors (Lipinski definition) is 2. The number of H-pyrrole nitrogens is 1. The molecule has 1 unspecified atom stereocenters. The van der Waals surface area contributed by atoms with Crippen LogP contribution in [0.4, 0.5) is 0 Å². The van der Waals surface area contributed by atoms with Crippen molar-refractivity contribution in [3.05, 3.63) is 36.0 Å². The van der Waals surface area contributed by atoms with Crippen molar-refractivity contribution < 1.29 is 0 Å². The fourth-order valence-electron chi connectivity index (χ4n) is 2.96. The first kappa shape index (κ1) is 19.4. The number of aromatic nitrogens is 1. The fraction of sp³-hybridized carbons (Fsp3) is 0.500. The van der Waals surface area contributed by atoms with Crippen LogP contribution in [0.3, 0.4) is 0 Å². The molecule has 2 N–H and O–H groups in total. The molecule has 0 amide bonds. The second-order valence-corrected chi connectivity index (χ2v) is 7.31. The van der Waals surface area contributed by atoms with Crippen LogP contribution in [-0.4, -0.2) is 46.5 Å². The van der Waals surface area contributed by atoms with Gasteiger partial charge in [0.25, 0.3) is 0 Å². The summed E-state index contributed by atoms with van der Waals surface area (Å²) < 4.78 is 0. The molecular formula is C18H27IN4S. The van der Waals surface area contributed by atoms with Gasteiger partial charge in [0.05, 0.1) is 6.54 Å². The van der Waals surface area contributed by atoms with Crippen molar-refractivity contribution in [1.82, 2.24) is 15.2 Å². The largest absolute Gasteiger partial charge is 0.357 e. The van der Waals surface area contributed by atoms with E-state index < -0.39 is 0 Å². The zero-order chi connectivity index (χ0) is 16.1. The van der Waals surface area contributed by atoms with Gasteiger partial charge in [-0.2, -0.15) is 11.8 Å². The van der Waals surface area contributed by atoms with Gasteiger partial charge in [-0.15, -0.1) is 24.0 Å². The van der Waals surface area contributed by atoms with Crippen molar-refractivity contribution in [3.63, 3.8) is 0 Å². The lowest BCUT2D eigenvalue weighted by atomic mass is 10.2. The standard InChI is InChI=1S/C18H26N4S.HI/c1-3-16-13-22(9-10-23-16)18(19-4-2)20-12-15-11-14-7-5-6-8-17(14)21-15;/h5-8,11,16,21H,3-4,9-10,12-13H2,1-2H3,(H,19,20);1H. The van der Waals surface area contributed by atoms with Crippen LogP contribution in [0.15, 0.2) is 35.3 Å². The topological polar surface area (TPSA) is 43.4 Å². The van der Waals surface area contributed by atoms with Crippen molar-refractivity contribution in [2.45, 2.75) is 32.1 Å². The normalized spacial score (nSPS) is 18.5. The average Bonchev–Trinajstić information content (AvgIpc) is 3.01. The third-order valence-corrected chi connectivity index (χ3v) is 5.59. The Balaban J connectivity index is 0.00000208. The summed E-state index contributed by atoms with van der Waals surface area (Å²) in [6, 6.07) is 10.6. The van der Waals surface area contributed by atoms with E-state index in [1.807, 2.05) is 0 Å². The highest BCUT2D eigenvalue weighted by atomic mass is 127. The lowest BCUT2D eigenvalue weighted by molar-refractivity contribution is 0.408. The predicted octanol–water partition coefficient (Wildman–Crippen LogP) is 4.08. The molecule has 1 saturated heterocycles. The Morgan fingerprint density at radius 1 is 1.38 bits per heavy atom. The number of thioether (sulfide) groups is 1. The SMILES string of the molecule is CCNC(=NCc1cc2ccccc2[nH]1)N1CCSC(CC)C1.I. The number of aromatic amines is 1. The van der Waals surface area contributed by atoms with Crippen LogP contribution in [0, 0.1) is 0 Å². The van der Waals surface area contributed by atoms with E-state index >= 15 is 0 Å². The maximum absolute atomic E-state index is 4.86. The molecule has 1 aromatic heterocycles. The van der Waals surface area contributed by atoms with Crippen molar-refractivity contribution in [1.29, 1.82) is 0 Å². The second kappa shape index (κ2) is 9.56. The number of benzene rings is 1. The zero-order valence-corrected chi connectivity index (χ0v) is 17.6. The molecule has 0 spiro atoms. The lowest BCUT2D eigenvalue weighted by Crippen LogP contribution is -2.48. The van der Waals surface area contributed by atoms with Crippen LogP contribution in [0.5, 0.6) is 0 Å². The first-order valence-corrected chi connectivity index (χ1v) is 9.56. The molecule has 6 heteroatoms. The summed E-state index contributed by atoms with van der Waals surface area (Å²) in [6.45, 7) is 8.19. The van der Waals surface area contributed by atoms with E-state index in [4.69, 9.17) is 4.99 Å². The van der Waals surface area contributed by atoms with E-state index in [1.165, 1.54) is 28.8 Å². The summed E-state index contributed by atoms with van der Waals surface area (Å²) in [7, 11) is 0. The van der Waals surface area contributed by atoms with Gasteiger partial charge in [-0.1, -0.05) is 25.1 Å². The number of guanidine groups is 1. The third-order valence-electron chi connectivity index (χ3n) is 4.21. The number of aliphatic imine (C=N–C) groups is 1. The number of nitrogens with zero attached hydrogens (tertiary/aromatic N) is 2. The van der Waals surface area contributed by atoms with Crippen LogP contribution in [-0.2, 0) is 6.54 Å². The van der Waals surface area contributed by atoms with Gasteiger partial charge in [-0.25, -0.2) is 4.99 Å². The van der Waals surface area contributed by atoms with Crippen LogP contribution < -0.4 is 5.32 Å². The monoisotopic (exact) mass is 458 g/mol. The van der Waals surface area contributed by atoms with E-state index in [9.17, 15) is 0 Å². The summed E-state index contributed by atoms with van der Waals surface area (Å²) >= 11 is 2.09. The fourth-order valence-corrected chi connectivity index (χ4v) is 4.14. The Labute approximate surface area is 165 Å². The van der Waals surface area contributed by atoms with Crippen LogP contribution in [0.25, 0.3) is 10.9 Å². The molecule has 2 heterocycles. The van der Waals surface area contributed by atoms with Gasteiger partial charge in [-0.3, -0.25) is 0 Å². The number of rotatable bonds is 4. The van der Waals surface area contributed by atoms with Crippen molar-refractivity contribution in [2.75, 3.05) is 25.4 Å². The Morgan fingerprint density at radius 3 is 2.96 bits per heavy atom. The summed E-state index contributed by atoms with van der Waals surface area (Å²) in [4.78, 5) is 10.7. The second-order valence-electron chi connectivity index (χ2n) is 5.90. The molecule has 1 fully saturated rings. The highest BCUT2D eigenvalue weighted by molar-refractivity contribution is 14.0. The predicted molar refractivity (Wildman–Crippen MR) is 117 cm³/mol. The molecule has 1 aromatic carbocycles. The molecule has 1 aliphatic rings. The highest BCUT2D eigenvalue weighted by Gasteiger charge is 2.21. The molecule has 1 atom stereocenters. The molecule has 0 saturated carbocycles. The number of halogens is 1. The first-order chi connectivity index (χ1) is 11.3. The van der Waals surface area contributed by atoms with Gasteiger partial charge in [0, 0.05) is 41.8 Å². The maximum Gasteiger partial charge on any atom is 0.194 e. The molecule has 24 heavy (non-hydrogen) atoms. The van der Waals surface area contributed by atoms with Gasteiger partial charge in [0.1, 0.15) is 0 Å². The molecular weight excluding hydrogens is 431 g/mol. The summed E-state index contributed by atoms with van der Waals surface area (Å²) in [5.41, 5.74) is 2.35. The van der Waals surface area contributed by atoms with Gasteiger partial charge < -0.3 is 15.2 Å².